The van der Waals surface area contributed by atoms with Gasteiger partial charge in [-0.2, -0.15) is 13.2 Å². The van der Waals surface area contributed by atoms with Crippen molar-refractivity contribution in [3.05, 3.63) is 28.4 Å². The number of carbonyl (C=O) groups excluding carboxylic acids is 1. The van der Waals surface area contributed by atoms with E-state index in [0.717, 1.165) is 10.6 Å². The molecular formula is C23H30F4N4O3S. The number of halogens is 4. The maximum Gasteiger partial charge on any atom is 0.422 e. The van der Waals surface area contributed by atoms with Crippen LogP contribution in [0, 0.1) is 6.92 Å². The zero-order valence-corrected chi connectivity index (χ0v) is 20.4. The Kier molecular flexibility index (Phi) is 7.99. The van der Waals surface area contributed by atoms with Crippen molar-refractivity contribution in [1.82, 2.24) is 20.2 Å². The van der Waals surface area contributed by atoms with E-state index in [1.807, 2.05) is 0 Å². The summed E-state index contributed by atoms with van der Waals surface area (Å²) in [6.45, 7) is 2.40. The molecule has 1 aliphatic carbocycles. The van der Waals surface area contributed by atoms with Gasteiger partial charge in [-0.15, -0.1) is 0 Å². The summed E-state index contributed by atoms with van der Waals surface area (Å²) in [5.74, 6) is 0.890. The molecule has 0 unspecified atom stereocenters. The Bertz CT molecular complexity index is 976. The van der Waals surface area contributed by atoms with Crippen molar-refractivity contribution >= 4 is 17.2 Å². The first-order valence-electron chi connectivity index (χ1n) is 11.9. The molecule has 194 valence electrons. The van der Waals surface area contributed by atoms with Crippen LogP contribution in [0.5, 0.6) is 5.19 Å². The average molecular weight is 519 g/mol. The molecule has 0 saturated heterocycles. The van der Waals surface area contributed by atoms with Gasteiger partial charge in [-0.3, -0.25) is 4.79 Å². The van der Waals surface area contributed by atoms with Crippen molar-refractivity contribution in [3.8, 4) is 5.19 Å². The molecule has 0 radical (unpaired) electrons. The van der Waals surface area contributed by atoms with Gasteiger partial charge in [0.2, 0.25) is 5.91 Å². The normalized spacial score (nSPS) is 23.5. The summed E-state index contributed by atoms with van der Waals surface area (Å²) in [5, 5.41) is 3.03. The molecule has 1 amide bonds. The Balaban J connectivity index is 1.17. The summed E-state index contributed by atoms with van der Waals surface area (Å²) in [6.07, 6.45) is 0.989. The molecule has 1 N–H and O–H groups in total. The Labute approximate surface area is 205 Å². The smallest absolute Gasteiger partial charge is 0.422 e. The third-order valence-electron chi connectivity index (χ3n) is 6.56. The van der Waals surface area contributed by atoms with Crippen molar-refractivity contribution < 1.29 is 31.5 Å². The SMILES string of the molecule is Cc1ncc(CC(=O)NC2CCC(F)(CCN3CCc4nc(OCC(F)(F)F)sc4CC3)CC2)o1. The van der Waals surface area contributed by atoms with E-state index in [1.54, 1.807) is 13.1 Å². The summed E-state index contributed by atoms with van der Waals surface area (Å²) in [4.78, 5) is 23.6. The maximum atomic E-state index is 15.4. The molecule has 1 saturated carbocycles. The van der Waals surface area contributed by atoms with Gasteiger partial charge in [0.25, 0.3) is 5.19 Å². The fraction of sp³-hybridized carbons (Fsp3) is 0.696. The Hall–Kier alpha value is -2.21. The second-order valence-corrected chi connectivity index (χ2v) is 10.4. The number of amides is 1. The monoisotopic (exact) mass is 518 g/mol. The zero-order valence-electron chi connectivity index (χ0n) is 19.6. The number of thiazole rings is 1. The molecule has 2 aromatic heterocycles. The second-order valence-electron chi connectivity index (χ2n) is 9.36. The molecule has 35 heavy (non-hydrogen) atoms. The molecule has 0 aromatic carbocycles. The number of carbonyl (C=O) groups is 1. The highest BCUT2D eigenvalue weighted by atomic mass is 32.1. The van der Waals surface area contributed by atoms with E-state index in [-0.39, 0.29) is 23.6 Å². The van der Waals surface area contributed by atoms with Crippen molar-refractivity contribution in [1.29, 1.82) is 0 Å². The highest BCUT2D eigenvalue weighted by Crippen LogP contribution is 2.36. The van der Waals surface area contributed by atoms with Gasteiger partial charge in [-0.25, -0.2) is 14.4 Å². The average Bonchev–Trinajstić information content (AvgIpc) is 3.33. The Morgan fingerprint density at radius 1 is 1.31 bits per heavy atom. The lowest BCUT2D eigenvalue weighted by Gasteiger charge is -2.35. The fourth-order valence-corrected chi connectivity index (χ4v) is 5.57. The van der Waals surface area contributed by atoms with Crippen LogP contribution in [0.15, 0.2) is 10.6 Å². The lowest BCUT2D eigenvalue weighted by Crippen LogP contribution is -2.43. The quantitative estimate of drug-likeness (QED) is 0.528. The molecule has 0 bridgehead atoms. The molecule has 2 aromatic rings. The predicted molar refractivity (Wildman–Crippen MR) is 121 cm³/mol. The van der Waals surface area contributed by atoms with Gasteiger partial charge in [0.05, 0.1) is 18.3 Å². The van der Waals surface area contributed by atoms with Gasteiger partial charge < -0.3 is 19.4 Å². The predicted octanol–water partition coefficient (Wildman–Crippen LogP) is 4.18. The lowest BCUT2D eigenvalue weighted by molar-refractivity contribution is -0.153. The molecule has 12 heteroatoms. The molecule has 2 aliphatic rings. The van der Waals surface area contributed by atoms with Crippen LogP contribution in [0.2, 0.25) is 0 Å². The summed E-state index contributed by atoms with van der Waals surface area (Å²) in [6, 6.07) is -0.0376. The summed E-state index contributed by atoms with van der Waals surface area (Å²) in [7, 11) is 0. The van der Waals surface area contributed by atoms with Crippen LogP contribution in [0.1, 0.15) is 54.3 Å². The second kappa shape index (κ2) is 10.8. The Morgan fingerprint density at radius 3 is 2.74 bits per heavy atom. The third-order valence-corrected chi connectivity index (χ3v) is 7.63. The summed E-state index contributed by atoms with van der Waals surface area (Å²) >= 11 is 1.17. The number of hydrogen-bond donors (Lipinski definition) is 1. The standard InChI is InChI=1S/C23H30F4N4O3S/c1-15-28-13-17(34-15)12-20(32)29-16-2-6-22(24,7-3-16)8-11-31-9-4-18-19(5-10-31)35-21(30-18)33-14-23(25,26)27/h13,16H,2-12,14H2,1H3,(H,29,32). The number of rotatable bonds is 8. The minimum absolute atomic E-state index is 0.0376. The minimum Gasteiger partial charge on any atom is -0.460 e. The topological polar surface area (TPSA) is 80.5 Å². The fourth-order valence-electron chi connectivity index (χ4n) is 4.63. The third kappa shape index (κ3) is 7.63. The van der Waals surface area contributed by atoms with Crippen LogP contribution < -0.4 is 10.1 Å². The van der Waals surface area contributed by atoms with Gasteiger partial charge in [0, 0.05) is 43.9 Å². The van der Waals surface area contributed by atoms with Crippen LogP contribution in [-0.2, 0) is 24.1 Å². The van der Waals surface area contributed by atoms with E-state index in [1.165, 1.54) is 11.3 Å². The zero-order chi connectivity index (χ0) is 25.1. The van der Waals surface area contributed by atoms with Gasteiger partial charge in [-0.05, 0) is 38.5 Å². The number of hydrogen-bond acceptors (Lipinski definition) is 7. The number of nitrogens with zero attached hydrogens (tertiary/aromatic N) is 3. The first-order valence-corrected chi connectivity index (χ1v) is 12.7. The van der Waals surface area contributed by atoms with Crippen LogP contribution >= 0.6 is 11.3 Å². The van der Waals surface area contributed by atoms with Gasteiger partial charge in [-0.1, -0.05) is 11.3 Å². The van der Waals surface area contributed by atoms with Crippen LogP contribution in [0.25, 0.3) is 0 Å². The minimum atomic E-state index is -4.39. The largest absolute Gasteiger partial charge is 0.460 e. The van der Waals surface area contributed by atoms with Crippen molar-refractivity contribution in [3.63, 3.8) is 0 Å². The van der Waals surface area contributed by atoms with E-state index < -0.39 is 18.5 Å². The number of nitrogens with one attached hydrogen (secondary N) is 1. The van der Waals surface area contributed by atoms with E-state index in [0.29, 0.717) is 76.2 Å². The lowest BCUT2D eigenvalue weighted by atomic mass is 9.81. The van der Waals surface area contributed by atoms with Crippen molar-refractivity contribution in [2.45, 2.75) is 76.2 Å². The van der Waals surface area contributed by atoms with Gasteiger partial charge in [0.15, 0.2) is 12.5 Å². The highest BCUT2D eigenvalue weighted by molar-refractivity contribution is 7.13. The van der Waals surface area contributed by atoms with Crippen molar-refractivity contribution in [2.24, 2.45) is 0 Å². The molecule has 0 spiro atoms. The van der Waals surface area contributed by atoms with E-state index >= 15 is 4.39 Å². The van der Waals surface area contributed by atoms with Crippen LogP contribution in [0.4, 0.5) is 17.6 Å². The Morgan fingerprint density at radius 2 is 2.06 bits per heavy atom. The molecule has 3 heterocycles. The van der Waals surface area contributed by atoms with Gasteiger partial charge in [0.1, 0.15) is 11.4 Å². The molecule has 4 rings (SSSR count). The maximum absolute atomic E-state index is 15.4. The first-order chi connectivity index (χ1) is 16.6. The van der Waals surface area contributed by atoms with Crippen LogP contribution in [0.3, 0.4) is 0 Å². The molecular weight excluding hydrogens is 488 g/mol. The summed E-state index contributed by atoms with van der Waals surface area (Å²) in [5.41, 5.74) is -0.474. The number of alkyl halides is 4. The molecule has 1 fully saturated rings. The number of aromatic nitrogens is 2. The molecule has 0 atom stereocenters. The summed E-state index contributed by atoms with van der Waals surface area (Å²) < 4.78 is 62.6. The number of fused-ring (bicyclic) bond motifs is 1. The van der Waals surface area contributed by atoms with Crippen molar-refractivity contribution in [2.75, 3.05) is 26.2 Å². The molecule has 7 nitrogen and oxygen atoms in total. The highest BCUT2D eigenvalue weighted by Gasteiger charge is 2.36. The van der Waals surface area contributed by atoms with Gasteiger partial charge >= 0.3 is 6.18 Å². The van der Waals surface area contributed by atoms with E-state index in [9.17, 15) is 18.0 Å². The van der Waals surface area contributed by atoms with E-state index in [4.69, 9.17) is 9.15 Å². The molecule has 1 aliphatic heterocycles. The number of ether oxygens (including phenoxy) is 1. The number of aryl methyl sites for hydroxylation is 1. The van der Waals surface area contributed by atoms with E-state index in [2.05, 4.69) is 20.2 Å². The van der Waals surface area contributed by atoms with Crippen LogP contribution in [-0.4, -0.2) is 64.9 Å². The number of oxazole rings is 1. The first kappa shape index (κ1) is 25.9.